The zero-order valence-corrected chi connectivity index (χ0v) is 56.2. The molecule has 0 atom stereocenters. The van der Waals surface area contributed by atoms with Crippen molar-refractivity contribution in [1.82, 2.24) is 61.1 Å². The van der Waals surface area contributed by atoms with Crippen molar-refractivity contribution in [2.75, 3.05) is 0 Å². The number of pyridine rings is 5. The molecule has 0 spiro atoms. The number of para-hydroxylation sites is 10. The summed E-state index contributed by atoms with van der Waals surface area (Å²) < 4.78 is 59.5. The molecule has 21 aromatic rings. The molecule has 20 heteroatoms. The second kappa shape index (κ2) is 22.0. The number of imidazole rings is 8. The summed E-state index contributed by atoms with van der Waals surface area (Å²) in [5.41, 5.74) is 28.5. The van der Waals surface area contributed by atoms with Gasteiger partial charge < -0.3 is 4.42 Å². The van der Waals surface area contributed by atoms with Crippen LogP contribution in [0.3, 0.4) is 0 Å². The van der Waals surface area contributed by atoms with Gasteiger partial charge in [-0.15, -0.1) is 0 Å². The molecule has 0 unspecified atom stereocenters. The minimum atomic E-state index is -2.24. The summed E-state index contributed by atoms with van der Waals surface area (Å²) in [5, 5.41) is 0. The third-order valence-corrected chi connectivity index (χ3v) is 22.1. The first-order valence-corrected chi connectivity index (χ1v) is 35.2. The van der Waals surface area contributed by atoms with E-state index in [0.29, 0.717) is 17.8 Å². The van der Waals surface area contributed by atoms with E-state index in [1.165, 1.54) is 110 Å². The average Bonchev–Trinajstić information content (AvgIpc) is 1.56. The molecule has 0 amide bonds. The molecule has 0 aliphatic carbocycles. The van der Waals surface area contributed by atoms with Gasteiger partial charge in [-0.2, -0.15) is 31.1 Å². The maximum Gasteiger partial charge on any atom is 0.468 e. The quantitative estimate of drug-likeness (QED) is 0.150. The SMILES string of the molecule is C[n+]1c2ccccc2n2cc3n(c21)Cc1ncccc1-3.[2H]C([2H])([2H])[n+]1c2ccccc2n2cc3n(c21)Cc1ncccc1-3.c1ccc(-n2c3ccccc3[n+]3cc4n(c23)Cc2ncccc2-4)cc1.c1cnc2c(c1)-c1c[n+]3c4ccccc4oc3n1C2.c1cnc2c(c1)-c1c[n+]3c4ccccc4sc3n1C2. The third kappa shape index (κ3) is 8.43. The smallest absolute Gasteiger partial charge is 0.387 e. The number of fused-ring (bicyclic) bond motifs is 35. The fraction of sp³-hybridized carbons (Fsp3) is 0.0843. The lowest BCUT2D eigenvalue weighted by Gasteiger charge is -2.01. The van der Waals surface area contributed by atoms with E-state index in [1.807, 2.05) is 130 Å². The van der Waals surface area contributed by atoms with Gasteiger partial charge in [-0.3, -0.25) is 24.9 Å². The van der Waals surface area contributed by atoms with E-state index in [2.05, 4.69) is 235 Å². The Morgan fingerprint density at radius 2 is 0.796 bits per heavy atom. The monoisotopic (exact) mass is 1360 g/mol. The molecule has 0 fully saturated rings. The topological polar surface area (TPSA) is 136 Å². The predicted octanol–water partition coefficient (Wildman–Crippen LogP) is 13.1. The zero-order chi connectivity index (χ0) is 70.2. The summed E-state index contributed by atoms with van der Waals surface area (Å²) >= 11 is 1.84. The number of aryl methyl sites for hydroxylation is 2. The van der Waals surface area contributed by atoms with E-state index in [-0.39, 0.29) is 0 Å². The molecule has 19 nitrogen and oxygen atoms in total. The van der Waals surface area contributed by atoms with Crippen LogP contribution in [0.15, 0.2) is 279 Å². The van der Waals surface area contributed by atoms with Crippen LogP contribution in [0, 0.1) is 0 Å². The van der Waals surface area contributed by atoms with Crippen LogP contribution in [0.25, 0.3) is 145 Å². The molecule has 0 bridgehead atoms. The van der Waals surface area contributed by atoms with E-state index in [1.54, 1.807) is 6.20 Å². The lowest BCUT2D eigenvalue weighted by atomic mass is 10.2. The molecule has 0 saturated heterocycles. The van der Waals surface area contributed by atoms with E-state index in [4.69, 9.17) is 8.53 Å². The van der Waals surface area contributed by atoms with Gasteiger partial charge in [-0.25, -0.2) is 27.4 Å². The van der Waals surface area contributed by atoms with Gasteiger partial charge in [0.2, 0.25) is 0 Å². The number of hydrogen-bond acceptors (Lipinski definition) is 7. The van der Waals surface area contributed by atoms with Crippen LogP contribution in [0.5, 0.6) is 0 Å². The van der Waals surface area contributed by atoms with Crippen molar-refractivity contribution in [2.45, 2.75) is 32.7 Å². The molecule has 0 radical (unpaired) electrons. The molecular weight excluding hydrogens is 1300 g/mol. The van der Waals surface area contributed by atoms with Crippen LogP contribution in [0.4, 0.5) is 0 Å². The Bertz CT molecular complexity index is 7080. The molecule has 490 valence electrons. The van der Waals surface area contributed by atoms with Crippen LogP contribution in [-0.2, 0) is 46.7 Å². The number of benzene rings is 6. The largest absolute Gasteiger partial charge is 0.468 e. The highest BCUT2D eigenvalue weighted by molar-refractivity contribution is 7.23. The molecule has 26 rings (SSSR count). The highest BCUT2D eigenvalue weighted by Gasteiger charge is 2.38. The van der Waals surface area contributed by atoms with Crippen LogP contribution < -0.4 is 22.3 Å². The Hall–Kier alpha value is -13.5. The third-order valence-electron chi connectivity index (χ3n) is 21.0. The van der Waals surface area contributed by atoms with Gasteiger partial charge in [-0.1, -0.05) is 78.9 Å². The number of thiazole rings is 1. The fourth-order valence-corrected chi connectivity index (χ4v) is 17.5. The maximum atomic E-state index is 7.97. The number of rotatable bonds is 1. The fourth-order valence-electron chi connectivity index (χ4n) is 16.4. The lowest BCUT2D eigenvalue weighted by molar-refractivity contribution is -0.621. The number of nitrogens with zero attached hydrogens (tertiary/aromatic N) is 18. The summed E-state index contributed by atoms with van der Waals surface area (Å²) in [6.45, 7) is 1.67. The Kier molecular flexibility index (Phi) is 11.6. The average molecular weight is 1360 g/mol. The molecule has 0 N–H and O–H groups in total. The molecule has 0 saturated carbocycles. The zero-order valence-electron chi connectivity index (χ0n) is 58.4. The normalized spacial score (nSPS) is 13.5. The van der Waals surface area contributed by atoms with Gasteiger partial charge in [0, 0.05) is 47.7 Å². The first-order valence-electron chi connectivity index (χ1n) is 35.8. The summed E-state index contributed by atoms with van der Waals surface area (Å²) in [5.74, 6) is 3.91. The molecule has 20 heterocycles. The molecule has 5 aliphatic heterocycles. The standard InChI is InChI=1S/C21H15N4.2C16H13N4.C15H10N3O.C15H10N3S/c1-2-7-15(8-3-1)25-19-11-5-4-10-18(19)24-14-20-16-9-6-12-22-17(16)13-23(20)21(24)25;2*1-18-13-6-2-3-7-14(13)20-10-15-11-5-4-8-17-12(11)9-19(15)16(18)20;2*1-2-6-14-12(5-1)18-9-13-10-4-3-7-16-11(10)8-17(13)15(18)19-14/h1-12,14H,13H2;2*2-8,10H,9H2,1H3;2*1-7,9H,8H2/q5*+1/i;1D3;;;. The highest BCUT2D eigenvalue weighted by Crippen LogP contribution is 2.39. The van der Waals surface area contributed by atoms with Crippen molar-refractivity contribution in [3.05, 3.63) is 303 Å². The Morgan fingerprint density at radius 1 is 0.369 bits per heavy atom. The van der Waals surface area contributed by atoms with Crippen molar-refractivity contribution in [1.29, 1.82) is 0 Å². The van der Waals surface area contributed by atoms with Crippen molar-refractivity contribution < 1.29 is 30.9 Å². The van der Waals surface area contributed by atoms with Crippen LogP contribution in [0.2, 0.25) is 0 Å². The minimum Gasteiger partial charge on any atom is -0.387 e. The van der Waals surface area contributed by atoms with Crippen molar-refractivity contribution in [3.63, 3.8) is 0 Å². The second-order valence-electron chi connectivity index (χ2n) is 26.5. The first-order chi connectivity index (χ1) is 52.1. The van der Waals surface area contributed by atoms with Crippen molar-refractivity contribution in [2.24, 2.45) is 14.0 Å². The second-order valence-corrected chi connectivity index (χ2v) is 27.5. The van der Waals surface area contributed by atoms with Gasteiger partial charge in [0.1, 0.15) is 120 Å². The van der Waals surface area contributed by atoms with Gasteiger partial charge in [0.15, 0.2) is 28.0 Å². The Balaban J connectivity index is 0.0000000830. The van der Waals surface area contributed by atoms with E-state index in [9.17, 15) is 0 Å². The Morgan fingerprint density at radius 3 is 1.39 bits per heavy atom. The van der Waals surface area contributed by atoms with Gasteiger partial charge >= 0.3 is 28.1 Å². The highest BCUT2D eigenvalue weighted by atomic mass is 32.1. The van der Waals surface area contributed by atoms with E-state index < -0.39 is 6.98 Å². The molecular formula is C83H61N18OS+5. The molecule has 5 aliphatic rings. The number of oxazole rings is 1. The van der Waals surface area contributed by atoms with Crippen LogP contribution >= 0.6 is 11.3 Å². The maximum absolute atomic E-state index is 7.97. The molecule has 6 aromatic carbocycles. The summed E-state index contributed by atoms with van der Waals surface area (Å²) in [7, 11) is 2.13. The minimum absolute atomic E-state index is 0.592. The first kappa shape index (κ1) is 54.5. The molecule has 103 heavy (non-hydrogen) atoms. The summed E-state index contributed by atoms with van der Waals surface area (Å²) in [6.07, 6.45) is 20.1. The summed E-state index contributed by atoms with van der Waals surface area (Å²) in [6, 6.07) is 72.4. The van der Waals surface area contributed by atoms with E-state index >= 15 is 0 Å². The van der Waals surface area contributed by atoms with Gasteiger partial charge in [-0.05, 0) is 145 Å². The lowest BCUT2D eigenvalue weighted by Crippen LogP contribution is -2.29. The van der Waals surface area contributed by atoms with Gasteiger partial charge in [0.25, 0.3) is 0 Å². The summed E-state index contributed by atoms with van der Waals surface area (Å²) in [4.78, 5) is 23.7. The van der Waals surface area contributed by atoms with Gasteiger partial charge in [0.05, 0.1) is 62.4 Å². The van der Waals surface area contributed by atoms with E-state index in [0.717, 1.165) is 82.7 Å². The van der Waals surface area contributed by atoms with Crippen molar-refractivity contribution >= 4 is 93.9 Å². The Labute approximate surface area is 594 Å². The number of aromatic nitrogens is 18. The molecule has 15 aromatic heterocycles. The number of hydrogen-bond donors (Lipinski definition) is 0. The predicted molar refractivity (Wildman–Crippen MR) is 395 cm³/mol. The van der Waals surface area contributed by atoms with Crippen LogP contribution in [0.1, 0.15) is 32.6 Å². The van der Waals surface area contributed by atoms with Crippen molar-refractivity contribution in [3.8, 4) is 62.0 Å². The van der Waals surface area contributed by atoms with Crippen LogP contribution in [-0.4, -0.2) is 61.1 Å².